The summed E-state index contributed by atoms with van der Waals surface area (Å²) in [4.78, 5) is 20.1. The van der Waals surface area contributed by atoms with Gasteiger partial charge in [-0.3, -0.25) is 9.78 Å². The number of Topliss-reactive ketones (excluding diaryl/α,β-unsaturated/α-hetero) is 1. The Kier molecular flexibility index (Phi) is 4.04. The lowest BCUT2D eigenvalue weighted by Gasteiger charge is -2.03. The van der Waals surface area contributed by atoms with Crippen molar-refractivity contribution in [2.45, 2.75) is 39.5 Å². The quantitative estimate of drug-likeness (QED) is 0.825. The monoisotopic (exact) mass is 259 g/mol. The summed E-state index contributed by atoms with van der Waals surface area (Å²) in [6.07, 6.45) is 3.20. The molecule has 0 saturated carbocycles. The van der Waals surface area contributed by atoms with Crippen LogP contribution in [-0.4, -0.2) is 20.9 Å². The highest BCUT2D eigenvalue weighted by Gasteiger charge is 2.22. The molecule has 19 heavy (non-hydrogen) atoms. The third-order valence-corrected chi connectivity index (χ3v) is 3.12. The standard InChI is InChI=1S/C14H17N3O2/c1-4-10-7-6-8-15-12(10)13-16-14(19-17-13)11(5-2)9(3)18/h6-8,11H,4-5H2,1-3H3. The molecule has 5 heteroatoms. The zero-order valence-electron chi connectivity index (χ0n) is 11.4. The van der Waals surface area contributed by atoms with Crippen LogP contribution in [-0.2, 0) is 11.2 Å². The van der Waals surface area contributed by atoms with Crippen molar-refractivity contribution in [3.63, 3.8) is 0 Å². The Balaban J connectivity index is 2.38. The van der Waals surface area contributed by atoms with Gasteiger partial charge in [0.05, 0.1) is 5.92 Å². The zero-order chi connectivity index (χ0) is 13.8. The Morgan fingerprint density at radius 2 is 2.21 bits per heavy atom. The van der Waals surface area contributed by atoms with E-state index in [1.165, 1.54) is 6.92 Å². The maximum Gasteiger partial charge on any atom is 0.237 e. The lowest BCUT2D eigenvalue weighted by Crippen LogP contribution is -2.07. The van der Waals surface area contributed by atoms with Gasteiger partial charge in [0.25, 0.3) is 0 Å². The van der Waals surface area contributed by atoms with Crippen LogP contribution >= 0.6 is 0 Å². The molecule has 0 spiro atoms. The van der Waals surface area contributed by atoms with Gasteiger partial charge in [0.15, 0.2) is 0 Å². The van der Waals surface area contributed by atoms with Crippen molar-refractivity contribution in [3.8, 4) is 11.5 Å². The number of hydrogen-bond donors (Lipinski definition) is 0. The first-order valence-corrected chi connectivity index (χ1v) is 6.45. The van der Waals surface area contributed by atoms with Crippen molar-refractivity contribution in [2.24, 2.45) is 0 Å². The smallest absolute Gasteiger partial charge is 0.237 e. The minimum Gasteiger partial charge on any atom is -0.338 e. The van der Waals surface area contributed by atoms with Crippen LogP contribution in [0.1, 0.15) is 44.6 Å². The molecule has 0 aromatic carbocycles. The van der Waals surface area contributed by atoms with Crippen LogP contribution in [0, 0.1) is 0 Å². The molecular formula is C14H17N3O2. The van der Waals surface area contributed by atoms with Gasteiger partial charge in [0.1, 0.15) is 11.5 Å². The Morgan fingerprint density at radius 3 is 2.84 bits per heavy atom. The first-order valence-electron chi connectivity index (χ1n) is 6.45. The number of ketones is 1. The van der Waals surface area contributed by atoms with E-state index in [9.17, 15) is 4.79 Å². The predicted octanol–water partition coefficient (Wildman–Crippen LogP) is 2.78. The first-order chi connectivity index (χ1) is 9.17. The number of aromatic nitrogens is 3. The summed E-state index contributed by atoms with van der Waals surface area (Å²) in [5.41, 5.74) is 1.78. The number of carbonyl (C=O) groups excluding carboxylic acids is 1. The summed E-state index contributed by atoms with van der Waals surface area (Å²) >= 11 is 0. The molecule has 1 atom stereocenters. The molecule has 2 aromatic rings. The van der Waals surface area contributed by atoms with Crippen molar-refractivity contribution in [1.82, 2.24) is 15.1 Å². The van der Waals surface area contributed by atoms with Crippen molar-refractivity contribution < 1.29 is 9.32 Å². The van der Waals surface area contributed by atoms with Gasteiger partial charge in [0, 0.05) is 6.20 Å². The number of hydrogen-bond acceptors (Lipinski definition) is 5. The van der Waals surface area contributed by atoms with Gasteiger partial charge < -0.3 is 4.52 Å². The normalized spacial score (nSPS) is 12.4. The minimum absolute atomic E-state index is 0.0365. The van der Waals surface area contributed by atoms with Gasteiger partial charge in [-0.15, -0.1) is 0 Å². The largest absolute Gasteiger partial charge is 0.338 e. The highest BCUT2D eigenvalue weighted by atomic mass is 16.5. The molecule has 0 fully saturated rings. The van der Waals surface area contributed by atoms with Crippen molar-refractivity contribution >= 4 is 5.78 Å². The summed E-state index contributed by atoms with van der Waals surface area (Å²) < 4.78 is 5.21. The number of nitrogens with zero attached hydrogens (tertiary/aromatic N) is 3. The summed E-state index contributed by atoms with van der Waals surface area (Å²) in [5.74, 6) is 0.536. The molecule has 0 N–H and O–H groups in total. The Bertz CT molecular complexity index is 578. The molecule has 2 heterocycles. The van der Waals surface area contributed by atoms with Crippen LogP contribution in [0.2, 0.25) is 0 Å². The fraction of sp³-hybridized carbons (Fsp3) is 0.429. The summed E-state index contributed by atoms with van der Waals surface area (Å²) in [6, 6.07) is 3.87. The molecule has 100 valence electrons. The highest BCUT2D eigenvalue weighted by molar-refractivity contribution is 5.82. The SMILES string of the molecule is CCc1cccnc1-c1noc(C(CC)C(C)=O)n1. The maximum absolute atomic E-state index is 11.5. The topological polar surface area (TPSA) is 68.9 Å². The second kappa shape index (κ2) is 5.73. The molecule has 0 saturated heterocycles. The van der Waals surface area contributed by atoms with E-state index in [0.29, 0.717) is 18.1 Å². The fourth-order valence-electron chi connectivity index (χ4n) is 2.03. The van der Waals surface area contributed by atoms with Gasteiger partial charge in [-0.05, 0) is 31.4 Å². The van der Waals surface area contributed by atoms with E-state index in [4.69, 9.17) is 4.52 Å². The molecule has 5 nitrogen and oxygen atoms in total. The van der Waals surface area contributed by atoms with Gasteiger partial charge in [-0.2, -0.15) is 4.98 Å². The number of aryl methyl sites for hydroxylation is 1. The zero-order valence-corrected chi connectivity index (χ0v) is 11.4. The van der Waals surface area contributed by atoms with E-state index in [2.05, 4.69) is 15.1 Å². The first kappa shape index (κ1) is 13.4. The summed E-state index contributed by atoms with van der Waals surface area (Å²) in [7, 11) is 0. The third kappa shape index (κ3) is 2.70. The molecule has 2 rings (SSSR count). The Hall–Kier alpha value is -2.04. The second-order valence-corrected chi connectivity index (χ2v) is 4.39. The van der Waals surface area contributed by atoms with Crippen molar-refractivity contribution in [3.05, 3.63) is 29.8 Å². The second-order valence-electron chi connectivity index (χ2n) is 4.39. The molecule has 2 aromatic heterocycles. The minimum atomic E-state index is -0.324. The molecule has 0 aliphatic rings. The van der Waals surface area contributed by atoms with Gasteiger partial charge in [0.2, 0.25) is 11.7 Å². The predicted molar refractivity (Wildman–Crippen MR) is 70.6 cm³/mol. The van der Waals surface area contributed by atoms with E-state index in [1.807, 2.05) is 26.0 Å². The van der Waals surface area contributed by atoms with E-state index < -0.39 is 0 Å². The highest BCUT2D eigenvalue weighted by Crippen LogP contribution is 2.23. The van der Waals surface area contributed by atoms with Crippen molar-refractivity contribution in [2.75, 3.05) is 0 Å². The van der Waals surface area contributed by atoms with E-state index >= 15 is 0 Å². The van der Waals surface area contributed by atoms with Crippen LogP contribution in [0.5, 0.6) is 0 Å². The average Bonchev–Trinajstić information content (AvgIpc) is 2.88. The molecule has 0 radical (unpaired) electrons. The lowest BCUT2D eigenvalue weighted by atomic mass is 10.0. The summed E-state index contributed by atoms with van der Waals surface area (Å²) in [5, 5.41) is 3.95. The maximum atomic E-state index is 11.5. The van der Waals surface area contributed by atoms with Crippen LogP contribution in [0.25, 0.3) is 11.5 Å². The van der Waals surface area contributed by atoms with Crippen LogP contribution in [0.15, 0.2) is 22.9 Å². The van der Waals surface area contributed by atoms with E-state index in [-0.39, 0.29) is 11.7 Å². The van der Waals surface area contributed by atoms with E-state index in [0.717, 1.165) is 17.7 Å². The summed E-state index contributed by atoms with van der Waals surface area (Å²) in [6.45, 7) is 5.51. The van der Waals surface area contributed by atoms with Crippen LogP contribution in [0.3, 0.4) is 0 Å². The number of carbonyl (C=O) groups is 1. The van der Waals surface area contributed by atoms with Crippen LogP contribution < -0.4 is 0 Å². The lowest BCUT2D eigenvalue weighted by molar-refractivity contribution is -0.119. The number of rotatable bonds is 5. The molecule has 1 unspecified atom stereocenters. The third-order valence-electron chi connectivity index (χ3n) is 3.12. The average molecular weight is 259 g/mol. The molecule has 0 amide bonds. The molecule has 0 aliphatic carbocycles. The van der Waals surface area contributed by atoms with Gasteiger partial charge in [-0.1, -0.05) is 25.1 Å². The fourth-order valence-corrected chi connectivity index (χ4v) is 2.03. The van der Waals surface area contributed by atoms with Crippen molar-refractivity contribution in [1.29, 1.82) is 0 Å². The molecule has 0 bridgehead atoms. The Labute approximate surface area is 112 Å². The Morgan fingerprint density at radius 1 is 1.42 bits per heavy atom. The van der Waals surface area contributed by atoms with Gasteiger partial charge in [-0.25, -0.2) is 0 Å². The number of pyridine rings is 1. The molecule has 0 aliphatic heterocycles. The van der Waals surface area contributed by atoms with Gasteiger partial charge >= 0.3 is 0 Å². The van der Waals surface area contributed by atoms with E-state index in [1.54, 1.807) is 6.20 Å². The van der Waals surface area contributed by atoms with Crippen LogP contribution in [0.4, 0.5) is 0 Å². The molecular weight excluding hydrogens is 242 g/mol.